The number of hydrogen-bond acceptors (Lipinski definition) is 10. The highest BCUT2D eigenvalue weighted by Crippen LogP contribution is 2.53. The van der Waals surface area contributed by atoms with Crippen LogP contribution in [0.3, 0.4) is 0 Å². The number of phosphoric acid groups is 1. The van der Waals surface area contributed by atoms with Gasteiger partial charge in [0.1, 0.15) is 24.6 Å². The summed E-state index contributed by atoms with van der Waals surface area (Å²) in [5, 5.41) is 0.602. The van der Waals surface area contributed by atoms with Gasteiger partial charge in [-0.3, -0.25) is 13.6 Å². The molecular weight excluding hydrogens is 445 g/mol. The number of fused-ring (bicyclic) bond motifs is 2. The van der Waals surface area contributed by atoms with Crippen LogP contribution in [0.4, 0.5) is 5.82 Å². The zero-order valence-electron chi connectivity index (χ0n) is 16.4. The van der Waals surface area contributed by atoms with Crippen LogP contribution < -0.4 is 5.73 Å². The average molecular weight is 465 g/mol. The van der Waals surface area contributed by atoms with E-state index in [4.69, 9.17) is 24.3 Å². The van der Waals surface area contributed by atoms with Crippen molar-refractivity contribution >= 4 is 36.6 Å². The Morgan fingerprint density at radius 3 is 2.94 bits per heavy atom. The molecule has 1 aromatic carbocycles. The lowest BCUT2D eigenvalue weighted by Crippen LogP contribution is -2.40. The molecule has 164 valence electrons. The second-order valence-corrected chi connectivity index (χ2v) is 9.42. The smallest absolute Gasteiger partial charge is 0.382 e. The highest BCUT2D eigenvalue weighted by Gasteiger charge is 2.54. The van der Waals surface area contributed by atoms with E-state index < -0.39 is 32.4 Å². The van der Waals surface area contributed by atoms with Gasteiger partial charge in [0.2, 0.25) is 0 Å². The van der Waals surface area contributed by atoms with Crippen molar-refractivity contribution < 1.29 is 28.0 Å². The molecule has 2 saturated heterocycles. The molecular formula is C18H20N5O6PS. The van der Waals surface area contributed by atoms with Crippen molar-refractivity contribution in [1.29, 1.82) is 0 Å². The van der Waals surface area contributed by atoms with Crippen LogP contribution in [0.5, 0.6) is 0 Å². The van der Waals surface area contributed by atoms with E-state index in [1.807, 2.05) is 30.3 Å². The largest absolute Gasteiger partial charge is 0.472 e. The van der Waals surface area contributed by atoms with Gasteiger partial charge in [-0.05, 0) is 5.56 Å². The Kier molecular flexibility index (Phi) is 5.47. The third-order valence-corrected chi connectivity index (χ3v) is 7.16. The van der Waals surface area contributed by atoms with Crippen LogP contribution in [0.25, 0.3) is 11.2 Å². The molecule has 0 radical (unpaired) electrons. The van der Waals surface area contributed by atoms with E-state index in [2.05, 4.69) is 15.0 Å². The topological polar surface area (TPSA) is 144 Å². The summed E-state index contributed by atoms with van der Waals surface area (Å²) >= 11 is 1.48. The highest BCUT2D eigenvalue weighted by molar-refractivity contribution is 7.98. The third-order valence-electron chi connectivity index (χ3n) is 5.15. The van der Waals surface area contributed by atoms with Gasteiger partial charge in [-0.15, -0.1) is 0 Å². The first-order chi connectivity index (χ1) is 15.0. The van der Waals surface area contributed by atoms with Gasteiger partial charge >= 0.3 is 7.82 Å². The van der Waals surface area contributed by atoms with Crippen molar-refractivity contribution in [1.82, 2.24) is 19.5 Å². The van der Waals surface area contributed by atoms with Crippen LogP contribution in [0, 0.1) is 0 Å². The molecule has 13 heteroatoms. The van der Waals surface area contributed by atoms with Crippen LogP contribution in [0.2, 0.25) is 0 Å². The van der Waals surface area contributed by atoms with Crippen molar-refractivity contribution in [3.8, 4) is 0 Å². The number of nitrogens with zero attached hydrogens (tertiary/aromatic N) is 4. The third kappa shape index (κ3) is 3.85. The summed E-state index contributed by atoms with van der Waals surface area (Å²) in [6, 6.07) is 9.95. The van der Waals surface area contributed by atoms with Gasteiger partial charge in [0.15, 0.2) is 28.4 Å². The van der Waals surface area contributed by atoms with E-state index in [0.717, 1.165) is 5.56 Å². The van der Waals surface area contributed by atoms with Crippen molar-refractivity contribution in [2.24, 2.45) is 0 Å². The van der Waals surface area contributed by atoms with E-state index in [0.29, 0.717) is 22.1 Å². The number of methoxy groups -OCH3 is 1. The van der Waals surface area contributed by atoms with Crippen LogP contribution >= 0.6 is 19.6 Å². The lowest BCUT2D eigenvalue weighted by atomic mass is 10.1. The SMILES string of the molecule is CO[C@@H]1[C@@H]2OP(=O)(O)OC[C@H]2O[C@H]1n1c(SCc2ccccc2)nc2c(N)ncnc21. The minimum absolute atomic E-state index is 0.0922. The van der Waals surface area contributed by atoms with E-state index in [1.54, 1.807) is 4.57 Å². The number of rotatable bonds is 5. The first-order valence-corrected chi connectivity index (χ1v) is 11.9. The van der Waals surface area contributed by atoms with Gasteiger partial charge in [0.05, 0.1) is 6.61 Å². The molecule has 31 heavy (non-hydrogen) atoms. The number of phosphoric ester groups is 1. The molecule has 5 rings (SSSR count). The second kappa shape index (κ2) is 8.14. The predicted octanol–water partition coefficient (Wildman–Crippen LogP) is 2.13. The lowest BCUT2D eigenvalue weighted by molar-refractivity contribution is -0.0690. The molecule has 0 amide bonds. The Balaban J connectivity index is 1.55. The van der Waals surface area contributed by atoms with Crippen LogP contribution in [-0.4, -0.2) is 56.4 Å². The lowest BCUT2D eigenvalue weighted by Gasteiger charge is -2.29. The van der Waals surface area contributed by atoms with Crippen molar-refractivity contribution in [3.63, 3.8) is 0 Å². The Morgan fingerprint density at radius 1 is 1.35 bits per heavy atom. The van der Waals surface area contributed by atoms with Crippen molar-refractivity contribution in [2.45, 2.75) is 35.4 Å². The number of hydrogen-bond donors (Lipinski definition) is 2. The molecule has 11 nitrogen and oxygen atoms in total. The van der Waals surface area contributed by atoms with Gasteiger partial charge in [-0.25, -0.2) is 19.5 Å². The standard InChI is InChI=1S/C18H20N5O6PS/c1-26-14-13-11(7-27-30(24,25)29-13)28-17(14)23-16-12(15(19)20-9-21-16)22-18(23)31-8-10-5-3-2-4-6-10/h2-6,9,11,13-14,17H,7-8H2,1H3,(H,24,25)(H2,19,20,21)/t11-,13-,14-,17-/m1/s1. The van der Waals surface area contributed by atoms with Crippen LogP contribution in [-0.2, 0) is 28.8 Å². The van der Waals surface area contributed by atoms with E-state index in [1.165, 1.54) is 25.2 Å². The van der Waals surface area contributed by atoms with Gasteiger partial charge in [-0.2, -0.15) is 0 Å². The monoisotopic (exact) mass is 465 g/mol. The number of thioether (sulfide) groups is 1. The van der Waals surface area contributed by atoms with E-state index >= 15 is 0 Å². The van der Waals surface area contributed by atoms with Crippen molar-refractivity contribution in [3.05, 3.63) is 42.2 Å². The number of nitrogens with two attached hydrogens (primary N) is 1. The number of ether oxygens (including phenoxy) is 2. The highest BCUT2D eigenvalue weighted by atomic mass is 32.2. The van der Waals surface area contributed by atoms with Gasteiger partial charge < -0.3 is 20.1 Å². The Bertz CT molecular complexity index is 1150. The molecule has 2 aliphatic heterocycles. The summed E-state index contributed by atoms with van der Waals surface area (Å²) in [6.07, 6.45) is -1.44. The zero-order chi connectivity index (χ0) is 21.6. The van der Waals surface area contributed by atoms with E-state index in [-0.39, 0.29) is 12.4 Å². The van der Waals surface area contributed by atoms with Crippen LogP contribution in [0.1, 0.15) is 11.8 Å². The number of imidazole rings is 1. The molecule has 2 fully saturated rings. The minimum Gasteiger partial charge on any atom is -0.382 e. The zero-order valence-corrected chi connectivity index (χ0v) is 18.1. The fourth-order valence-electron chi connectivity index (χ4n) is 3.74. The van der Waals surface area contributed by atoms with E-state index in [9.17, 15) is 9.46 Å². The summed E-state index contributed by atoms with van der Waals surface area (Å²) in [6.45, 7) is -0.0922. The number of benzene rings is 1. The fourth-order valence-corrected chi connectivity index (χ4v) is 5.67. The van der Waals surface area contributed by atoms with Gasteiger partial charge in [-0.1, -0.05) is 42.1 Å². The molecule has 0 aliphatic carbocycles. The van der Waals surface area contributed by atoms with Crippen molar-refractivity contribution in [2.75, 3.05) is 19.5 Å². The number of aromatic nitrogens is 4. The number of anilines is 1. The molecule has 0 bridgehead atoms. The summed E-state index contributed by atoms with van der Waals surface area (Å²) in [4.78, 5) is 22.8. The molecule has 1 unspecified atom stereocenters. The fraction of sp³-hybridized carbons (Fsp3) is 0.389. The van der Waals surface area contributed by atoms with Crippen LogP contribution in [0.15, 0.2) is 41.8 Å². The first-order valence-electron chi connectivity index (χ1n) is 9.46. The molecule has 0 spiro atoms. The molecule has 0 saturated carbocycles. The molecule has 3 N–H and O–H groups in total. The maximum atomic E-state index is 12.0. The predicted molar refractivity (Wildman–Crippen MR) is 111 cm³/mol. The summed E-state index contributed by atoms with van der Waals surface area (Å²) in [7, 11) is -2.68. The second-order valence-electron chi connectivity index (χ2n) is 7.07. The normalized spacial score (nSPS) is 30.5. The Labute approximate surface area is 181 Å². The minimum atomic E-state index is -4.17. The first kappa shape index (κ1) is 20.8. The molecule has 3 aromatic rings. The maximum absolute atomic E-state index is 12.0. The Hall–Kier alpha value is -2.05. The summed E-state index contributed by atoms with van der Waals surface area (Å²) in [5.74, 6) is 0.898. The summed E-state index contributed by atoms with van der Waals surface area (Å²) < 4.78 is 35.7. The van der Waals surface area contributed by atoms with Gasteiger partial charge in [0.25, 0.3) is 0 Å². The molecule has 2 aliphatic rings. The quantitative estimate of drug-likeness (QED) is 0.422. The molecule has 4 heterocycles. The summed E-state index contributed by atoms with van der Waals surface area (Å²) in [5.41, 5.74) is 8.07. The van der Waals surface area contributed by atoms with Gasteiger partial charge in [0, 0.05) is 12.9 Å². The Morgan fingerprint density at radius 2 is 2.16 bits per heavy atom. The molecule has 2 aromatic heterocycles. The average Bonchev–Trinajstić information content (AvgIpc) is 3.30. The maximum Gasteiger partial charge on any atom is 0.472 e. The number of nitrogen functional groups attached to an aromatic ring is 1. The molecule has 5 atom stereocenters.